The van der Waals surface area contributed by atoms with Crippen molar-refractivity contribution in [3.05, 3.63) is 59.7 Å². The maximum atomic E-state index is 5.92. The summed E-state index contributed by atoms with van der Waals surface area (Å²) in [5, 5.41) is 3.09. The van der Waals surface area contributed by atoms with Crippen molar-refractivity contribution in [2.45, 2.75) is 13.5 Å². The fourth-order valence-corrected chi connectivity index (χ4v) is 1.93. The van der Waals surface area contributed by atoms with Gasteiger partial charge in [-0.25, -0.2) is 4.99 Å². The van der Waals surface area contributed by atoms with Gasteiger partial charge in [0.15, 0.2) is 5.96 Å². The molecule has 0 unspecified atom stereocenters. The molecule has 0 radical (unpaired) electrons. The highest BCUT2D eigenvalue weighted by Crippen LogP contribution is 2.14. The van der Waals surface area contributed by atoms with Crippen molar-refractivity contribution >= 4 is 17.3 Å². The van der Waals surface area contributed by atoms with E-state index in [0.717, 1.165) is 16.9 Å². The predicted molar refractivity (Wildman–Crippen MR) is 90.9 cm³/mol. The van der Waals surface area contributed by atoms with Crippen LogP contribution in [0.5, 0.6) is 0 Å². The van der Waals surface area contributed by atoms with Crippen LogP contribution in [0, 0.1) is 6.92 Å². The lowest BCUT2D eigenvalue weighted by Crippen LogP contribution is -2.22. The number of hydrogen-bond donors (Lipinski definition) is 2. The second kappa shape index (κ2) is 6.79. The molecule has 2 rings (SSSR count). The van der Waals surface area contributed by atoms with E-state index in [-0.39, 0.29) is 0 Å². The van der Waals surface area contributed by atoms with E-state index in [1.807, 2.05) is 44.4 Å². The highest BCUT2D eigenvalue weighted by Gasteiger charge is 1.98. The fraction of sp³-hybridized carbons (Fsp3) is 0.235. The molecule has 0 fully saturated rings. The van der Waals surface area contributed by atoms with E-state index >= 15 is 0 Å². The molecule has 0 spiro atoms. The zero-order chi connectivity index (χ0) is 15.2. The summed E-state index contributed by atoms with van der Waals surface area (Å²) in [6, 6.07) is 16.3. The lowest BCUT2D eigenvalue weighted by Gasteiger charge is -2.13. The first-order chi connectivity index (χ1) is 10.0. The number of aryl methyl sites for hydroxylation is 1. The number of benzene rings is 2. The van der Waals surface area contributed by atoms with Gasteiger partial charge in [-0.15, -0.1) is 0 Å². The lowest BCUT2D eigenvalue weighted by atomic mass is 10.2. The van der Waals surface area contributed by atoms with Gasteiger partial charge in [-0.3, -0.25) is 0 Å². The molecule has 0 saturated heterocycles. The number of rotatable bonds is 4. The maximum Gasteiger partial charge on any atom is 0.193 e. The summed E-state index contributed by atoms with van der Waals surface area (Å²) >= 11 is 0. The van der Waals surface area contributed by atoms with E-state index in [1.165, 1.54) is 5.56 Å². The van der Waals surface area contributed by atoms with Crippen molar-refractivity contribution in [1.29, 1.82) is 0 Å². The second-order valence-electron chi connectivity index (χ2n) is 5.26. The molecule has 0 aromatic heterocycles. The van der Waals surface area contributed by atoms with Crippen LogP contribution >= 0.6 is 0 Å². The first kappa shape index (κ1) is 14.9. The molecule has 0 amide bonds. The predicted octanol–water partition coefficient (Wildman–Crippen LogP) is 2.99. The van der Waals surface area contributed by atoms with Gasteiger partial charge in [0.1, 0.15) is 0 Å². The number of nitrogens with one attached hydrogen (secondary N) is 1. The Hall–Kier alpha value is -2.49. The third kappa shape index (κ3) is 4.53. The largest absolute Gasteiger partial charge is 0.378 e. The number of nitrogens with two attached hydrogens (primary N) is 1. The summed E-state index contributed by atoms with van der Waals surface area (Å²) in [5.41, 5.74) is 10.4. The van der Waals surface area contributed by atoms with E-state index in [9.17, 15) is 0 Å². The standard InChI is InChI=1S/C17H22N4/c1-13-7-9-15(10-8-13)20-17(18)19-12-14-5-4-6-16(11-14)21(2)3/h4-11H,12H2,1-3H3,(H3,18,19,20). The topological polar surface area (TPSA) is 53.6 Å². The summed E-state index contributed by atoms with van der Waals surface area (Å²) in [6.07, 6.45) is 0. The number of nitrogens with zero attached hydrogens (tertiary/aromatic N) is 2. The van der Waals surface area contributed by atoms with Crippen molar-refractivity contribution in [3.63, 3.8) is 0 Å². The average Bonchev–Trinajstić information content (AvgIpc) is 2.48. The zero-order valence-corrected chi connectivity index (χ0v) is 12.8. The minimum atomic E-state index is 0.425. The summed E-state index contributed by atoms with van der Waals surface area (Å²) in [4.78, 5) is 6.45. The quantitative estimate of drug-likeness (QED) is 0.669. The normalized spacial score (nSPS) is 11.3. The second-order valence-corrected chi connectivity index (χ2v) is 5.26. The molecule has 4 nitrogen and oxygen atoms in total. The summed E-state index contributed by atoms with van der Waals surface area (Å²) < 4.78 is 0. The monoisotopic (exact) mass is 282 g/mol. The molecule has 0 bridgehead atoms. The SMILES string of the molecule is Cc1ccc(NC(N)=NCc2cccc(N(C)C)c2)cc1. The molecule has 2 aromatic rings. The molecule has 110 valence electrons. The van der Waals surface area contributed by atoms with Gasteiger partial charge in [-0.1, -0.05) is 29.8 Å². The van der Waals surface area contributed by atoms with Crippen LogP contribution in [-0.2, 0) is 6.54 Å². The third-order valence-corrected chi connectivity index (χ3v) is 3.18. The molecule has 0 aliphatic rings. The highest BCUT2D eigenvalue weighted by molar-refractivity contribution is 5.92. The van der Waals surface area contributed by atoms with Crippen LogP contribution in [0.15, 0.2) is 53.5 Å². The van der Waals surface area contributed by atoms with Gasteiger partial charge < -0.3 is 16.0 Å². The first-order valence-electron chi connectivity index (χ1n) is 6.94. The zero-order valence-electron chi connectivity index (χ0n) is 12.8. The van der Waals surface area contributed by atoms with E-state index in [0.29, 0.717) is 12.5 Å². The Bertz CT molecular complexity index is 615. The number of hydrogen-bond acceptors (Lipinski definition) is 2. The van der Waals surface area contributed by atoms with Gasteiger partial charge in [0.05, 0.1) is 6.54 Å². The Morgan fingerprint density at radius 3 is 2.52 bits per heavy atom. The van der Waals surface area contributed by atoms with Crippen molar-refractivity contribution in [2.75, 3.05) is 24.3 Å². The Morgan fingerprint density at radius 1 is 1.14 bits per heavy atom. The molecule has 0 aliphatic carbocycles. The average molecular weight is 282 g/mol. The molecular formula is C17H22N4. The van der Waals surface area contributed by atoms with E-state index < -0.39 is 0 Å². The van der Waals surface area contributed by atoms with E-state index in [4.69, 9.17) is 5.73 Å². The summed E-state index contributed by atoms with van der Waals surface area (Å²) in [7, 11) is 4.05. The molecule has 0 heterocycles. The van der Waals surface area contributed by atoms with Crippen LogP contribution in [0.4, 0.5) is 11.4 Å². The molecule has 0 saturated carbocycles. The van der Waals surface area contributed by atoms with Crippen LogP contribution in [0.25, 0.3) is 0 Å². The summed E-state index contributed by atoms with van der Waals surface area (Å²) in [5.74, 6) is 0.425. The number of guanidine groups is 1. The van der Waals surface area contributed by atoms with Crippen molar-refractivity contribution < 1.29 is 0 Å². The van der Waals surface area contributed by atoms with Gasteiger partial charge in [0.25, 0.3) is 0 Å². The minimum absolute atomic E-state index is 0.425. The van der Waals surface area contributed by atoms with Gasteiger partial charge in [0, 0.05) is 25.5 Å². The number of anilines is 2. The molecule has 3 N–H and O–H groups in total. The van der Waals surface area contributed by atoms with Crippen molar-refractivity contribution in [3.8, 4) is 0 Å². The van der Waals surface area contributed by atoms with Gasteiger partial charge >= 0.3 is 0 Å². The molecule has 0 aliphatic heterocycles. The van der Waals surface area contributed by atoms with Crippen LogP contribution in [0.2, 0.25) is 0 Å². The highest BCUT2D eigenvalue weighted by atomic mass is 15.1. The van der Waals surface area contributed by atoms with Gasteiger partial charge in [-0.2, -0.15) is 0 Å². The van der Waals surface area contributed by atoms with E-state index in [1.54, 1.807) is 0 Å². The van der Waals surface area contributed by atoms with Crippen LogP contribution in [0.1, 0.15) is 11.1 Å². The smallest absolute Gasteiger partial charge is 0.193 e. The number of aliphatic imine (C=N–C) groups is 1. The Balaban J connectivity index is 2.00. The van der Waals surface area contributed by atoms with Crippen molar-refractivity contribution in [1.82, 2.24) is 0 Å². The lowest BCUT2D eigenvalue weighted by molar-refractivity contribution is 1.05. The molecule has 2 aromatic carbocycles. The molecular weight excluding hydrogens is 260 g/mol. The van der Waals surface area contributed by atoms with Crippen LogP contribution in [0.3, 0.4) is 0 Å². The van der Waals surface area contributed by atoms with Crippen LogP contribution in [-0.4, -0.2) is 20.1 Å². The Kier molecular flexibility index (Phi) is 4.82. The Labute approximate surface area is 126 Å². The van der Waals surface area contributed by atoms with Crippen molar-refractivity contribution in [2.24, 2.45) is 10.7 Å². The summed E-state index contributed by atoms with van der Waals surface area (Å²) in [6.45, 7) is 2.62. The molecule has 4 heteroatoms. The third-order valence-electron chi connectivity index (χ3n) is 3.18. The van der Waals surface area contributed by atoms with Gasteiger partial charge in [0.2, 0.25) is 0 Å². The minimum Gasteiger partial charge on any atom is -0.378 e. The fourth-order valence-electron chi connectivity index (χ4n) is 1.93. The van der Waals surface area contributed by atoms with Crippen LogP contribution < -0.4 is 16.0 Å². The Morgan fingerprint density at radius 2 is 1.86 bits per heavy atom. The first-order valence-corrected chi connectivity index (χ1v) is 6.94. The molecule has 0 atom stereocenters. The maximum absolute atomic E-state index is 5.92. The molecule has 21 heavy (non-hydrogen) atoms. The van der Waals surface area contributed by atoms with E-state index in [2.05, 4.69) is 40.3 Å². The van der Waals surface area contributed by atoms with Gasteiger partial charge in [-0.05, 0) is 36.8 Å².